The lowest BCUT2D eigenvalue weighted by atomic mass is 9.98. The lowest BCUT2D eigenvalue weighted by Crippen LogP contribution is -2.76. The number of hydrogen-bond acceptors (Lipinski definition) is 9. The summed E-state index contributed by atoms with van der Waals surface area (Å²) in [5.41, 5.74) is 5.99. The largest absolute Gasteiger partial charge is 0.444 e. The predicted molar refractivity (Wildman–Crippen MR) is 142 cm³/mol. The van der Waals surface area contributed by atoms with Crippen molar-refractivity contribution in [3.8, 4) is 0 Å². The van der Waals surface area contributed by atoms with Gasteiger partial charge in [0, 0.05) is 43.7 Å². The van der Waals surface area contributed by atoms with Gasteiger partial charge in [-0.05, 0) is 58.2 Å². The molecule has 1 amide bonds. The van der Waals surface area contributed by atoms with Crippen LogP contribution in [0.25, 0.3) is 0 Å². The van der Waals surface area contributed by atoms with Crippen LogP contribution in [0.15, 0.2) is 24.3 Å². The van der Waals surface area contributed by atoms with Crippen LogP contribution in [-0.4, -0.2) is 99.9 Å². The van der Waals surface area contributed by atoms with Crippen LogP contribution >= 0.6 is 0 Å². The van der Waals surface area contributed by atoms with Gasteiger partial charge in [0.1, 0.15) is 29.9 Å². The molecular weight excluding hydrogens is 529 g/mol. The molecule has 0 saturated carbocycles. The molecule has 2 bridgehead atoms. The smallest absolute Gasteiger partial charge is 0.412 e. The van der Waals surface area contributed by atoms with E-state index < -0.39 is 42.2 Å². The third-order valence-electron chi connectivity index (χ3n) is 8.34. The summed E-state index contributed by atoms with van der Waals surface area (Å²) in [5.74, 6) is 0. The number of aliphatic hydroxyl groups excluding tert-OH is 1. The minimum Gasteiger partial charge on any atom is -0.444 e. The zero-order chi connectivity index (χ0) is 29.1. The minimum atomic E-state index is -4.42. The highest BCUT2D eigenvalue weighted by molar-refractivity contribution is 5.84. The van der Waals surface area contributed by atoms with Crippen molar-refractivity contribution >= 4 is 11.8 Å². The molecule has 40 heavy (non-hydrogen) atoms. The number of nitrogens with zero attached hydrogens (tertiary/aromatic N) is 3. The molecule has 4 unspecified atom stereocenters. The number of fused-ring (bicyclic) bond motifs is 3. The number of morpholine rings is 1. The Kier molecular flexibility index (Phi) is 7.65. The summed E-state index contributed by atoms with van der Waals surface area (Å²) in [7, 11) is 0. The number of hydrogen-bond donors (Lipinski definition) is 4. The van der Waals surface area contributed by atoms with Gasteiger partial charge in [-0.3, -0.25) is 20.4 Å². The van der Waals surface area contributed by atoms with E-state index in [2.05, 4.69) is 15.5 Å². The van der Waals surface area contributed by atoms with Crippen molar-refractivity contribution in [3.63, 3.8) is 0 Å². The van der Waals surface area contributed by atoms with Gasteiger partial charge in [0.25, 0.3) is 0 Å². The van der Waals surface area contributed by atoms with E-state index in [4.69, 9.17) is 15.2 Å². The van der Waals surface area contributed by atoms with E-state index in [9.17, 15) is 23.1 Å². The van der Waals surface area contributed by atoms with E-state index in [1.54, 1.807) is 49.9 Å². The van der Waals surface area contributed by atoms with Crippen LogP contribution in [0.3, 0.4) is 0 Å². The lowest BCUT2D eigenvalue weighted by Gasteiger charge is -2.56. The number of halogens is 3. The van der Waals surface area contributed by atoms with Crippen molar-refractivity contribution in [2.45, 2.75) is 101 Å². The Morgan fingerprint density at radius 1 is 1.27 bits per heavy atom. The number of amides is 1. The average molecular weight is 571 g/mol. The molecule has 10 nitrogen and oxygen atoms in total. The molecule has 4 saturated heterocycles. The third-order valence-corrected chi connectivity index (χ3v) is 8.34. The summed E-state index contributed by atoms with van der Waals surface area (Å²) in [6.07, 6.45) is -5.79. The van der Waals surface area contributed by atoms with E-state index in [-0.39, 0.29) is 31.2 Å². The SMILES string of the molecule is CC(C)(C)OC(=O)Nc1ccc(CCN2C3NC(N4C[C@]5(N)CC4(C)CO5)CC(O)N3CC[C@H]2C(F)(F)F)cc1. The van der Waals surface area contributed by atoms with Crippen LogP contribution in [0.1, 0.15) is 52.5 Å². The van der Waals surface area contributed by atoms with Crippen molar-refractivity contribution in [2.75, 3.05) is 31.6 Å². The van der Waals surface area contributed by atoms with Crippen LogP contribution in [-0.2, 0) is 15.9 Å². The van der Waals surface area contributed by atoms with Crippen molar-refractivity contribution in [3.05, 3.63) is 29.8 Å². The second kappa shape index (κ2) is 10.4. The van der Waals surface area contributed by atoms with Crippen LogP contribution < -0.4 is 16.4 Å². The number of anilines is 1. The number of nitrogens with one attached hydrogen (secondary N) is 2. The maximum atomic E-state index is 14.3. The van der Waals surface area contributed by atoms with Gasteiger partial charge in [-0.25, -0.2) is 9.69 Å². The molecule has 4 aliphatic heterocycles. The maximum absolute atomic E-state index is 14.3. The van der Waals surface area contributed by atoms with Crippen molar-refractivity contribution in [2.24, 2.45) is 5.73 Å². The molecule has 4 aliphatic rings. The summed E-state index contributed by atoms with van der Waals surface area (Å²) in [5, 5.41) is 17.2. The molecule has 6 atom stereocenters. The summed E-state index contributed by atoms with van der Waals surface area (Å²) in [4.78, 5) is 17.3. The second-order valence-corrected chi connectivity index (χ2v) is 12.8. The number of alkyl halides is 3. The Bertz CT molecular complexity index is 1090. The van der Waals surface area contributed by atoms with E-state index in [0.29, 0.717) is 38.1 Å². The van der Waals surface area contributed by atoms with E-state index in [0.717, 1.165) is 5.56 Å². The number of aliphatic hydroxyl groups is 1. The van der Waals surface area contributed by atoms with E-state index >= 15 is 0 Å². The fourth-order valence-electron chi connectivity index (χ4n) is 6.58. The number of carbonyl (C=O) groups is 1. The van der Waals surface area contributed by atoms with E-state index in [1.807, 2.05) is 6.92 Å². The Balaban J connectivity index is 1.29. The fraction of sp³-hybridized carbons (Fsp3) is 0.741. The fourth-order valence-corrected chi connectivity index (χ4v) is 6.58. The van der Waals surface area contributed by atoms with Gasteiger partial charge >= 0.3 is 12.3 Å². The van der Waals surface area contributed by atoms with Crippen molar-refractivity contribution < 1.29 is 32.5 Å². The Hall–Kier alpha value is -2.00. The molecule has 1 aromatic carbocycles. The van der Waals surface area contributed by atoms with Crippen LogP contribution in [0.2, 0.25) is 0 Å². The standard InChI is InChI=1S/C27H41F3N6O4/c1-24(2,3)40-23(38)32-18-7-5-17(6-8-18)9-11-34-19(27(28,29)30)10-12-35-21(37)13-20(33-22(34)35)36-15-26(31)14-25(36,4)16-39-26/h5-8,19-22,33,37H,9-16,31H2,1-4H3,(H,32,38)/t19-,20?,21?,22?,25?,26-/m0/s1. The highest BCUT2D eigenvalue weighted by atomic mass is 19.4. The highest BCUT2D eigenvalue weighted by Crippen LogP contribution is 2.45. The molecule has 5 rings (SSSR count). The molecule has 0 aromatic heterocycles. The summed E-state index contributed by atoms with van der Waals surface area (Å²) < 4.78 is 53.8. The molecule has 4 heterocycles. The van der Waals surface area contributed by atoms with Crippen molar-refractivity contribution in [1.29, 1.82) is 0 Å². The number of rotatable bonds is 5. The van der Waals surface area contributed by atoms with Crippen LogP contribution in [0.5, 0.6) is 0 Å². The molecule has 5 N–H and O–H groups in total. The average Bonchev–Trinajstić information content (AvgIpc) is 3.29. The predicted octanol–water partition coefficient (Wildman–Crippen LogP) is 2.59. The Morgan fingerprint density at radius 3 is 2.55 bits per heavy atom. The van der Waals surface area contributed by atoms with Gasteiger partial charge in [0.05, 0.1) is 12.8 Å². The number of likely N-dealkylation sites (tertiary alicyclic amines) is 1. The topological polar surface area (TPSA) is 116 Å². The first-order chi connectivity index (χ1) is 18.6. The molecule has 4 fully saturated rings. The first kappa shape index (κ1) is 29.5. The molecule has 0 aliphatic carbocycles. The zero-order valence-corrected chi connectivity index (χ0v) is 23.5. The monoisotopic (exact) mass is 570 g/mol. The number of nitrogens with two attached hydrogens (primary N) is 1. The minimum absolute atomic E-state index is 0.122. The maximum Gasteiger partial charge on any atom is 0.412 e. The quantitative estimate of drug-likeness (QED) is 0.424. The molecular formula is C27H41F3N6O4. The van der Waals surface area contributed by atoms with E-state index in [1.165, 1.54) is 4.90 Å². The highest BCUT2D eigenvalue weighted by Gasteiger charge is 2.60. The molecule has 1 aromatic rings. The zero-order valence-electron chi connectivity index (χ0n) is 23.5. The van der Waals surface area contributed by atoms with Crippen molar-refractivity contribution in [1.82, 2.24) is 20.0 Å². The van der Waals surface area contributed by atoms with Gasteiger partial charge in [-0.15, -0.1) is 0 Å². The molecule has 13 heteroatoms. The lowest BCUT2D eigenvalue weighted by molar-refractivity contribution is -0.250. The number of carbonyl (C=O) groups excluding carboxylic acids is 1. The number of ether oxygens (including phenoxy) is 2. The summed E-state index contributed by atoms with van der Waals surface area (Å²) >= 11 is 0. The molecule has 0 spiro atoms. The second-order valence-electron chi connectivity index (χ2n) is 12.8. The number of benzene rings is 1. The van der Waals surface area contributed by atoms with Gasteiger partial charge in [-0.2, -0.15) is 13.2 Å². The third kappa shape index (κ3) is 6.10. The first-order valence-corrected chi connectivity index (χ1v) is 13.9. The van der Waals surface area contributed by atoms with Gasteiger partial charge in [0.2, 0.25) is 0 Å². The van der Waals surface area contributed by atoms with Crippen LogP contribution in [0.4, 0.5) is 23.7 Å². The normalized spacial score (nSPS) is 35.5. The summed E-state index contributed by atoms with van der Waals surface area (Å²) in [6.45, 7) is 8.52. The summed E-state index contributed by atoms with van der Waals surface area (Å²) in [6, 6.07) is 5.33. The van der Waals surface area contributed by atoms with Gasteiger partial charge in [0.15, 0.2) is 0 Å². The first-order valence-electron chi connectivity index (χ1n) is 13.9. The Morgan fingerprint density at radius 2 is 1.98 bits per heavy atom. The molecule has 0 radical (unpaired) electrons. The molecule has 224 valence electrons. The van der Waals surface area contributed by atoms with Crippen LogP contribution in [0, 0.1) is 0 Å². The van der Waals surface area contributed by atoms with Gasteiger partial charge in [-0.1, -0.05) is 12.1 Å². The van der Waals surface area contributed by atoms with Gasteiger partial charge < -0.3 is 20.3 Å². The Labute approximate surface area is 232 Å².